The molecule has 0 radical (unpaired) electrons. The molecule has 2 nitrogen and oxygen atoms in total. The van der Waals surface area contributed by atoms with E-state index in [1.807, 2.05) is 0 Å². The Morgan fingerprint density at radius 1 is 1.29 bits per heavy atom. The molecule has 1 saturated heterocycles. The van der Waals surface area contributed by atoms with E-state index in [0.717, 1.165) is 12.5 Å². The van der Waals surface area contributed by atoms with Gasteiger partial charge in [0.05, 0.1) is 0 Å². The summed E-state index contributed by atoms with van der Waals surface area (Å²) in [7, 11) is 0. The van der Waals surface area contributed by atoms with Crippen molar-refractivity contribution in [2.24, 2.45) is 17.1 Å². The van der Waals surface area contributed by atoms with Gasteiger partial charge in [-0.3, -0.25) is 4.90 Å². The van der Waals surface area contributed by atoms with Crippen LogP contribution in [0.2, 0.25) is 0 Å². The molecule has 0 bridgehead atoms. The van der Waals surface area contributed by atoms with Crippen molar-refractivity contribution in [3.05, 3.63) is 0 Å². The van der Waals surface area contributed by atoms with Crippen LogP contribution in [0.1, 0.15) is 59.3 Å². The standard InChI is InChI=1S/C15H30N2/c1-4-13-6-9-17(10-13)15(12-16)8-5-7-14(2,3)11-15/h13H,4-12,16H2,1-3H3. The summed E-state index contributed by atoms with van der Waals surface area (Å²) in [6.07, 6.45) is 8.08. The van der Waals surface area contributed by atoms with Gasteiger partial charge >= 0.3 is 0 Å². The van der Waals surface area contributed by atoms with Gasteiger partial charge in [-0.25, -0.2) is 0 Å². The number of hydrogen-bond acceptors (Lipinski definition) is 2. The van der Waals surface area contributed by atoms with Crippen LogP contribution in [-0.4, -0.2) is 30.1 Å². The zero-order chi connectivity index (χ0) is 12.5. The van der Waals surface area contributed by atoms with Crippen LogP contribution in [0.15, 0.2) is 0 Å². The van der Waals surface area contributed by atoms with Crippen molar-refractivity contribution < 1.29 is 0 Å². The van der Waals surface area contributed by atoms with Crippen molar-refractivity contribution in [1.29, 1.82) is 0 Å². The molecular weight excluding hydrogens is 208 g/mol. The van der Waals surface area contributed by atoms with Crippen molar-refractivity contribution in [3.8, 4) is 0 Å². The first-order valence-electron chi connectivity index (χ1n) is 7.46. The Labute approximate surface area is 107 Å². The summed E-state index contributed by atoms with van der Waals surface area (Å²) in [4.78, 5) is 2.74. The highest BCUT2D eigenvalue weighted by Gasteiger charge is 2.44. The Kier molecular flexibility index (Phi) is 3.84. The molecule has 2 atom stereocenters. The summed E-state index contributed by atoms with van der Waals surface area (Å²) in [6, 6.07) is 0. The third-order valence-corrected chi connectivity index (χ3v) is 5.22. The highest BCUT2D eigenvalue weighted by molar-refractivity contribution is 5.01. The molecule has 0 aromatic rings. The maximum Gasteiger partial charge on any atom is 0.0336 e. The number of rotatable bonds is 3. The van der Waals surface area contributed by atoms with Gasteiger partial charge in [0.25, 0.3) is 0 Å². The van der Waals surface area contributed by atoms with E-state index < -0.39 is 0 Å². The Morgan fingerprint density at radius 2 is 2.06 bits per heavy atom. The molecule has 17 heavy (non-hydrogen) atoms. The van der Waals surface area contributed by atoms with Crippen molar-refractivity contribution in [2.45, 2.75) is 64.8 Å². The van der Waals surface area contributed by atoms with Gasteiger partial charge in [0.1, 0.15) is 0 Å². The number of hydrogen-bond donors (Lipinski definition) is 1. The molecule has 2 N–H and O–H groups in total. The Hall–Kier alpha value is -0.0800. The van der Waals surface area contributed by atoms with Crippen LogP contribution < -0.4 is 5.73 Å². The smallest absolute Gasteiger partial charge is 0.0336 e. The minimum absolute atomic E-state index is 0.325. The van der Waals surface area contributed by atoms with Crippen LogP contribution in [0.5, 0.6) is 0 Å². The summed E-state index contributed by atoms with van der Waals surface area (Å²) >= 11 is 0. The monoisotopic (exact) mass is 238 g/mol. The van der Waals surface area contributed by atoms with E-state index in [1.54, 1.807) is 0 Å². The van der Waals surface area contributed by atoms with Crippen molar-refractivity contribution in [3.63, 3.8) is 0 Å². The molecule has 2 fully saturated rings. The molecule has 0 aromatic carbocycles. The van der Waals surface area contributed by atoms with Gasteiger partial charge in [-0.2, -0.15) is 0 Å². The van der Waals surface area contributed by atoms with Crippen LogP contribution in [0.3, 0.4) is 0 Å². The highest BCUT2D eigenvalue weighted by Crippen LogP contribution is 2.45. The van der Waals surface area contributed by atoms with E-state index in [0.29, 0.717) is 11.0 Å². The normalized spacial score (nSPS) is 38.5. The van der Waals surface area contributed by atoms with E-state index in [9.17, 15) is 0 Å². The van der Waals surface area contributed by atoms with Crippen LogP contribution >= 0.6 is 0 Å². The van der Waals surface area contributed by atoms with E-state index in [2.05, 4.69) is 25.7 Å². The maximum absolute atomic E-state index is 6.18. The fourth-order valence-electron chi connectivity index (χ4n) is 4.13. The Morgan fingerprint density at radius 3 is 2.59 bits per heavy atom. The van der Waals surface area contributed by atoms with Gasteiger partial charge in [-0.05, 0) is 43.6 Å². The average molecular weight is 238 g/mol. The first kappa shape index (κ1) is 13.4. The summed E-state index contributed by atoms with van der Waals surface area (Å²) < 4.78 is 0. The topological polar surface area (TPSA) is 29.3 Å². The van der Waals surface area contributed by atoms with Crippen molar-refractivity contribution in [1.82, 2.24) is 4.90 Å². The van der Waals surface area contributed by atoms with E-state index in [-0.39, 0.29) is 0 Å². The van der Waals surface area contributed by atoms with Crippen molar-refractivity contribution >= 4 is 0 Å². The fraction of sp³-hybridized carbons (Fsp3) is 1.00. The second-order valence-electron chi connectivity index (χ2n) is 7.13. The minimum atomic E-state index is 0.325. The van der Waals surface area contributed by atoms with E-state index in [1.165, 1.54) is 51.6 Å². The van der Waals surface area contributed by atoms with Crippen LogP contribution in [-0.2, 0) is 0 Å². The molecule has 2 unspecified atom stereocenters. The SMILES string of the molecule is CCC1CCN(C2(CN)CCCC(C)(C)C2)C1. The molecule has 1 saturated carbocycles. The molecule has 2 heteroatoms. The van der Waals surface area contributed by atoms with E-state index >= 15 is 0 Å². The molecule has 100 valence electrons. The Bertz CT molecular complexity index is 262. The second-order valence-corrected chi connectivity index (χ2v) is 7.13. The van der Waals surface area contributed by atoms with E-state index in [4.69, 9.17) is 5.73 Å². The molecular formula is C15H30N2. The highest BCUT2D eigenvalue weighted by atomic mass is 15.2. The number of nitrogens with two attached hydrogens (primary N) is 1. The maximum atomic E-state index is 6.18. The third kappa shape index (κ3) is 2.68. The largest absolute Gasteiger partial charge is 0.329 e. The first-order valence-corrected chi connectivity index (χ1v) is 7.46. The molecule has 1 aliphatic carbocycles. The lowest BCUT2D eigenvalue weighted by Crippen LogP contribution is -2.56. The number of nitrogens with zero attached hydrogens (tertiary/aromatic N) is 1. The minimum Gasteiger partial charge on any atom is -0.329 e. The third-order valence-electron chi connectivity index (χ3n) is 5.22. The summed E-state index contributed by atoms with van der Waals surface area (Å²) in [5.41, 5.74) is 7.00. The first-order chi connectivity index (χ1) is 8.01. The zero-order valence-corrected chi connectivity index (χ0v) is 12.0. The van der Waals surface area contributed by atoms with Gasteiger partial charge in [0.2, 0.25) is 0 Å². The molecule has 0 amide bonds. The lowest BCUT2D eigenvalue weighted by Gasteiger charge is -2.50. The van der Waals surface area contributed by atoms with Gasteiger partial charge < -0.3 is 5.73 Å². The van der Waals surface area contributed by atoms with Crippen molar-refractivity contribution in [2.75, 3.05) is 19.6 Å². The molecule has 2 aliphatic rings. The summed E-state index contributed by atoms with van der Waals surface area (Å²) in [5.74, 6) is 0.920. The van der Waals surface area contributed by atoms with Crippen LogP contribution in [0.25, 0.3) is 0 Å². The second kappa shape index (κ2) is 4.89. The molecule has 0 spiro atoms. The zero-order valence-electron chi connectivity index (χ0n) is 12.0. The molecule has 1 heterocycles. The summed E-state index contributed by atoms with van der Waals surface area (Å²) in [5, 5.41) is 0. The predicted molar refractivity (Wildman–Crippen MR) is 74.0 cm³/mol. The van der Waals surface area contributed by atoms with Gasteiger partial charge in [-0.1, -0.05) is 33.6 Å². The quantitative estimate of drug-likeness (QED) is 0.819. The van der Waals surface area contributed by atoms with Gasteiger partial charge in [0.15, 0.2) is 0 Å². The van der Waals surface area contributed by atoms with Gasteiger partial charge in [-0.15, -0.1) is 0 Å². The Balaban J connectivity index is 2.09. The lowest BCUT2D eigenvalue weighted by molar-refractivity contribution is 0.0233. The molecule has 1 aliphatic heterocycles. The average Bonchev–Trinajstić information content (AvgIpc) is 2.76. The predicted octanol–water partition coefficient (Wildman–Crippen LogP) is 3.02. The van der Waals surface area contributed by atoms with Crippen LogP contribution in [0, 0.1) is 11.3 Å². The lowest BCUT2D eigenvalue weighted by atomic mass is 9.67. The molecule has 2 rings (SSSR count). The van der Waals surface area contributed by atoms with Gasteiger partial charge in [0, 0.05) is 18.6 Å². The number of likely N-dealkylation sites (tertiary alicyclic amines) is 1. The summed E-state index contributed by atoms with van der Waals surface area (Å²) in [6.45, 7) is 10.6. The fourth-order valence-corrected chi connectivity index (χ4v) is 4.13. The molecule has 0 aromatic heterocycles. The van der Waals surface area contributed by atoms with Crippen LogP contribution in [0.4, 0.5) is 0 Å².